The molecule has 0 amide bonds. The minimum Gasteiger partial charge on any atom is -0.506 e. The maximum Gasteiger partial charge on any atom is 0.340 e. The van der Waals surface area contributed by atoms with Gasteiger partial charge in [-0.25, -0.2) is 4.79 Å². The third-order valence-corrected chi connectivity index (χ3v) is 3.22. The topological polar surface area (TPSA) is 58.6 Å². The highest BCUT2D eigenvalue weighted by Gasteiger charge is 2.11. The molecule has 2 aromatic carbocycles. The molecule has 0 aliphatic carbocycles. The highest BCUT2D eigenvalue weighted by molar-refractivity contribution is 6.32. The van der Waals surface area contributed by atoms with Crippen LogP contribution in [0.4, 0.5) is 5.69 Å². The van der Waals surface area contributed by atoms with Crippen LogP contribution in [0.3, 0.4) is 0 Å². The summed E-state index contributed by atoms with van der Waals surface area (Å²) in [6, 6.07) is 12.1. The van der Waals surface area contributed by atoms with Gasteiger partial charge in [-0.3, -0.25) is 0 Å². The first kappa shape index (κ1) is 15.2. The summed E-state index contributed by atoms with van der Waals surface area (Å²) in [4.78, 5) is 11.9. The molecule has 0 unspecified atom stereocenters. The molecule has 0 aliphatic heterocycles. The number of benzene rings is 2. The van der Waals surface area contributed by atoms with E-state index in [9.17, 15) is 9.90 Å². The number of halogens is 1. The monoisotopic (exact) mass is 305 g/mol. The van der Waals surface area contributed by atoms with E-state index < -0.39 is 0 Å². The van der Waals surface area contributed by atoms with Crippen molar-refractivity contribution in [2.45, 2.75) is 13.5 Å². The summed E-state index contributed by atoms with van der Waals surface area (Å²) in [5, 5.41) is 12.9. The van der Waals surface area contributed by atoms with Gasteiger partial charge in [0.05, 0.1) is 17.2 Å². The molecule has 0 aliphatic rings. The molecule has 2 N–H and O–H groups in total. The van der Waals surface area contributed by atoms with Crippen LogP contribution in [0.5, 0.6) is 5.75 Å². The second kappa shape index (κ2) is 6.99. The Morgan fingerprint density at radius 2 is 2.05 bits per heavy atom. The molecule has 2 aromatic rings. The van der Waals surface area contributed by atoms with Gasteiger partial charge in [-0.1, -0.05) is 29.8 Å². The van der Waals surface area contributed by atoms with Crippen LogP contribution in [0.1, 0.15) is 22.8 Å². The second-order valence-corrected chi connectivity index (χ2v) is 4.81. The molecule has 0 radical (unpaired) electrons. The van der Waals surface area contributed by atoms with Crippen molar-refractivity contribution in [3.05, 3.63) is 58.6 Å². The largest absolute Gasteiger partial charge is 0.506 e. The Morgan fingerprint density at radius 1 is 1.29 bits per heavy atom. The zero-order chi connectivity index (χ0) is 15.2. The van der Waals surface area contributed by atoms with E-state index in [2.05, 4.69) is 5.32 Å². The van der Waals surface area contributed by atoms with Gasteiger partial charge in [0.25, 0.3) is 0 Å². The van der Waals surface area contributed by atoms with Crippen LogP contribution in [0.2, 0.25) is 5.02 Å². The number of phenols is 1. The number of nitrogens with one attached hydrogen (secondary N) is 1. The van der Waals surface area contributed by atoms with Crippen molar-refractivity contribution in [2.75, 3.05) is 11.9 Å². The van der Waals surface area contributed by atoms with Gasteiger partial charge in [-0.15, -0.1) is 0 Å². The molecule has 0 atom stereocenters. The Labute approximate surface area is 128 Å². The molecule has 0 aromatic heterocycles. The van der Waals surface area contributed by atoms with Gasteiger partial charge in [0, 0.05) is 12.2 Å². The molecule has 4 nitrogen and oxygen atoms in total. The molecule has 0 saturated heterocycles. The fraction of sp³-hybridized carbons (Fsp3) is 0.188. The number of ether oxygens (including phenoxy) is 1. The standard InChI is InChI=1S/C16H16ClNO3/c1-2-21-16(20)12-5-3-4-6-14(12)18-10-11-7-8-15(19)13(17)9-11/h3-9,18-19H,2,10H2,1H3. The summed E-state index contributed by atoms with van der Waals surface area (Å²) >= 11 is 5.87. The smallest absolute Gasteiger partial charge is 0.340 e. The van der Waals surface area contributed by atoms with E-state index in [1.54, 1.807) is 31.2 Å². The van der Waals surface area contributed by atoms with Crippen molar-refractivity contribution in [2.24, 2.45) is 0 Å². The number of esters is 1. The Bertz CT molecular complexity index is 643. The number of rotatable bonds is 5. The summed E-state index contributed by atoms with van der Waals surface area (Å²) < 4.78 is 5.02. The van der Waals surface area contributed by atoms with Crippen molar-refractivity contribution in [3.8, 4) is 5.75 Å². The molecule has 110 valence electrons. The van der Waals surface area contributed by atoms with Crippen molar-refractivity contribution in [3.63, 3.8) is 0 Å². The second-order valence-electron chi connectivity index (χ2n) is 4.41. The number of phenolic OH excluding ortho intramolecular Hbond substituents is 1. The fourth-order valence-corrected chi connectivity index (χ4v) is 2.08. The van der Waals surface area contributed by atoms with E-state index in [-0.39, 0.29) is 11.7 Å². The third kappa shape index (κ3) is 3.89. The van der Waals surface area contributed by atoms with Gasteiger partial charge in [-0.05, 0) is 36.8 Å². The van der Waals surface area contributed by atoms with Crippen molar-refractivity contribution < 1.29 is 14.6 Å². The number of aromatic hydroxyl groups is 1. The fourth-order valence-electron chi connectivity index (χ4n) is 1.88. The Kier molecular flexibility index (Phi) is 5.06. The quantitative estimate of drug-likeness (QED) is 0.824. The van der Waals surface area contributed by atoms with Gasteiger partial charge in [0.15, 0.2) is 0 Å². The summed E-state index contributed by atoms with van der Waals surface area (Å²) in [5.74, 6) is -0.309. The van der Waals surface area contributed by atoms with E-state index in [0.717, 1.165) is 5.56 Å². The molecule has 21 heavy (non-hydrogen) atoms. The number of carbonyl (C=O) groups is 1. The lowest BCUT2D eigenvalue weighted by molar-refractivity contribution is 0.0527. The molecule has 0 bridgehead atoms. The van der Waals surface area contributed by atoms with Crippen molar-refractivity contribution in [1.82, 2.24) is 0 Å². The molecule has 0 spiro atoms. The normalized spacial score (nSPS) is 10.2. The zero-order valence-electron chi connectivity index (χ0n) is 11.6. The molecule has 0 heterocycles. The maximum absolute atomic E-state index is 11.9. The van der Waals surface area contributed by atoms with Crippen molar-refractivity contribution in [1.29, 1.82) is 0 Å². The molecular weight excluding hydrogens is 290 g/mol. The summed E-state index contributed by atoms with van der Waals surface area (Å²) in [5.41, 5.74) is 2.08. The molecule has 5 heteroatoms. The number of hydrogen-bond donors (Lipinski definition) is 2. The average molecular weight is 306 g/mol. The first-order chi connectivity index (χ1) is 10.1. The first-order valence-electron chi connectivity index (χ1n) is 6.59. The van der Waals surface area contributed by atoms with Gasteiger partial charge < -0.3 is 15.2 Å². The lowest BCUT2D eigenvalue weighted by Gasteiger charge is -2.11. The zero-order valence-corrected chi connectivity index (χ0v) is 12.4. The Morgan fingerprint density at radius 3 is 2.76 bits per heavy atom. The number of carbonyl (C=O) groups excluding carboxylic acids is 1. The minimum absolute atomic E-state index is 0.0485. The predicted octanol–water partition coefficient (Wildman–Crippen LogP) is 3.83. The van der Waals surface area contributed by atoms with Crippen LogP contribution in [0.25, 0.3) is 0 Å². The predicted molar refractivity (Wildman–Crippen MR) is 82.8 cm³/mol. The molecule has 0 saturated carbocycles. The highest BCUT2D eigenvalue weighted by Crippen LogP contribution is 2.24. The lowest BCUT2D eigenvalue weighted by Crippen LogP contribution is -2.09. The molecule has 2 rings (SSSR count). The summed E-state index contributed by atoms with van der Waals surface area (Å²) in [7, 11) is 0. The number of para-hydroxylation sites is 1. The van der Waals surface area contributed by atoms with E-state index in [1.165, 1.54) is 6.07 Å². The first-order valence-corrected chi connectivity index (χ1v) is 6.97. The average Bonchev–Trinajstić information content (AvgIpc) is 2.49. The Hall–Kier alpha value is -2.20. The van der Waals surface area contributed by atoms with E-state index in [1.807, 2.05) is 12.1 Å². The van der Waals surface area contributed by atoms with Crippen LogP contribution in [0, 0.1) is 0 Å². The lowest BCUT2D eigenvalue weighted by atomic mass is 10.1. The van der Waals surface area contributed by atoms with Gasteiger partial charge in [-0.2, -0.15) is 0 Å². The van der Waals surface area contributed by atoms with Crippen LogP contribution in [0.15, 0.2) is 42.5 Å². The van der Waals surface area contributed by atoms with Crippen LogP contribution in [-0.4, -0.2) is 17.7 Å². The van der Waals surface area contributed by atoms with E-state index in [0.29, 0.717) is 29.4 Å². The maximum atomic E-state index is 11.9. The van der Waals surface area contributed by atoms with E-state index in [4.69, 9.17) is 16.3 Å². The van der Waals surface area contributed by atoms with Gasteiger partial charge in [0.1, 0.15) is 5.75 Å². The Balaban J connectivity index is 2.12. The van der Waals surface area contributed by atoms with E-state index >= 15 is 0 Å². The third-order valence-electron chi connectivity index (χ3n) is 2.92. The molecule has 0 fully saturated rings. The number of hydrogen-bond acceptors (Lipinski definition) is 4. The minimum atomic E-state index is -0.357. The molecular formula is C16H16ClNO3. The van der Waals surface area contributed by atoms with Gasteiger partial charge in [0.2, 0.25) is 0 Å². The van der Waals surface area contributed by atoms with Crippen molar-refractivity contribution >= 4 is 23.3 Å². The van der Waals surface area contributed by atoms with Crippen LogP contribution < -0.4 is 5.32 Å². The highest BCUT2D eigenvalue weighted by atomic mass is 35.5. The van der Waals surface area contributed by atoms with Crippen LogP contribution >= 0.6 is 11.6 Å². The SMILES string of the molecule is CCOC(=O)c1ccccc1NCc1ccc(O)c(Cl)c1. The summed E-state index contributed by atoms with van der Waals surface area (Å²) in [6.45, 7) is 2.59. The van der Waals surface area contributed by atoms with Gasteiger partial charge >= 0.3 is 5.97 Å². The van der Waals surface area contributed by atoms with Crippen LogP contribution in [-0.2, 0) is 11.3 Å². The number of anilines is 1. The summed E-state index contributed by atoms with van der Waals surface area (Å²) in [6.07, 6.45) is 0.